The molecule has 2 rings (SSSR count). The minimum Gasteiger partial charge on any atom is -0.506 e. The van der Waals surface area contributed by atoms with Crippen LogP contribution in [0.15, 0.2) is 52.7 Å². The van der Waals surface area contributed by atoms with E-state index in [1.807, 2.05) is 24.3 Å². The van der Waals surface area contributed by atoms with Crippen molar-refractivity contribution in [2.75, 3.05) is 0 Å². The molecule has 2 aromatic rings. The fraction of sp³-hybridized carbons (Fsp3) is 0.368. The fourth-order valence-corrected chi connectivity index (χ4v) is 2.24. The molecule has 0 spiro atoms. The molecule has 0 aliphatic heterocycles. The van der Waals surface area contributed by atoms with Gasteiger partial charge in [-0.1, -0.05) is 52.3 Å². The molecule has 0 aromatic heterocycles. The predicted octanol–water partition coefficient (Wildman–Crippen LogP) is 6.06. The van der Waals surface area contributed by atoms with Crippen LogP contribution in [0.5, 0.6) is 5.75 Å². The highest BCUT2D eigenvalue weighted by Gasteiger charge is 2.12. The van der Waals surface area contributed by atoms with Crippen molar-refractivity contribution >= 4 is 11.4 Å². The number of benzene rings is 2. The number of hydrogen-bond acceptors (Lipinski definition) is 3. The van der Waals surface area contributed by atoms with Crippen LogP contribution in [0.1, 0.15) is 45.2 Å². The van der Waals surface area contributed by atoms with Gasteiger partial charge < -0.3 is 5.11 Å². The van der Waals surface area contributed by atoms with E-state index in [9.17, 15) is 5.11 Å². The molecule has 22 heavy (non-hydrogen) atoms. The van der Waals surface area contributed by atoms with Gasteiger partial charge in [-0.05, 0) is 47.2 Å². The van der Waals surface area contributed by atoms with Gasteiger partial charge in [0.1, 0.15) is 11.4 Å². The third-order valence-corrected chi connectivity index (χ3v) is 3.59. The van der Waals surface area contributed by atoms with E-state index in [0.717, 1.165) is 24.1 Å². The average molecular weight is 296 g/mol. The van der Waals surface area contributed by atoms with Crippen molar-refractivity contribution in [1.82, 2.24) is 0 Å². The lowest BCUT2D eigenvalue weighted by Gasteiger charge is -2.18. The summed E-state index contributed by atoms with van der Waals surface area (Å²) in [6, 6.07) is 13.6. The quantitative estimate of drug-likeness (QED) is 0.685. The molecule has 0 aliphatic carbocycles. The minimum atomic E-state index is 0.128. The molecule has 0 atom stereocenters. The zero-order chi connectivity index (χ0) is 16.2. The van der Waals surface area contributed by atoms with Gasteiger partial charge in [-0.2, -0.15) is 5.11 Å². The molecule has 0 amide bonds. The largest absolute Gasteiger partial charge is 0.506 e. The monoisotopic (exact) mass is 296 g/mol. The highest BCUT2D eigenvalue weighted by molar-refractivity contribution is 5.52. The van der Waals surface area contributed by atoms with E-state index in [1.54, 1.807) is 6.07 Å². The molecular weight excluding hydrogens is 272 g/mol. The fourth-order valence-electron chi connectivity index (χ4n) is 2.24. The molecule has 3 nitrogen and oxygen atoms in total. The zero-order valence-corrected chi connectivity index (χ0v) is 13.8. The Bertz CT molecular complexity index is 652. The van der Waals surface area contributed by atoms with Crippen LogP contribution >= 0.6 is 0 Å². The molecule has 3 heteroatoms. The zero-order valence-electron chi connectivity index (χ0n) is 13.8. The van der Waals surface area contributed by atoms with Gasteiger partial charge in [-0.15, -0.1) is 5.11 Å². The lowest BCUT2D eigenvalue weighted by atomic mass is 9.87. The first-order chi connectivity index (χ1) is 10.4. The van der Waals surface area contributed by atoms with E-state index >= 15 is 0 Å². The second-order valence-electron chi connectivity index (χ2n) is 6.57. The predicted molar refractivity (Wildman–Crippen MR) is 91.4 cm³/mol. The normalized spacial score (nSPS) is 12.0. The maximum absolute atomic E-state index is 9.99. The number of phenols is 1. The van der Waals surface area contributed by atoms with Crippen LogP contribution in [0.3, 0.4) is 0 Å². The Morgan fingerprint density at radius 3 is 2.18 bits per heavy atom. The molecule has 0 fully saturated rings. The Balaban J connectivity index is 2.15. The lowest BCUT2D eigenvalue weighted by Crippen LogP contribution is -2.10. The van der Waals surface area contributed by atoms with Gasteiger partial charge in [-0.3, -0.25) is 0 Å². The van der Waals surface area contributed by atoms with Crippen LogP contribution in [0.4, 0.5) is 11.4 Å². The third kappa shape index (κ3) is 4.17. The maximum Gasteiger partial charge on any atom is 0.143 e. The van der Waals surface area contributed by atoms with Gasteiger partial charge in [0, 0.05) is 0 Å². The summed E-state index contributed by atoms with van der Waals surface area (Å²) in [5, 5.41) is 18.3. The summed E-state index contributed by atoms with van der Waals surface area (Å²) in [5.74, 6) is 0.181. The molecule has 2 aromatic carbocycles. The highest BCUT2D eigenvalue weighted by atomic mass is 16.3. The number of rotatable bonds is 4. The van der Waals surface area contributed by atoms with Gasteiger partial charge in [0.15, 0.2) is 0 Å². The van der Waals surface area contributed by atoms with Gasteiger partial charge in [0.25, 0.3) is 0 Å². The van der Waals surface area contributed by atoms with E-state index in [-0.39, 0.29) is 11.2 Å². The number of nitrogens with zero attached hydrogens (tertiary/aromatic N) is 2. The van der Waals surface area contributed by atoms with Gasteiger partial charge in [-0.25, -0.2) is 0 Å². The average Bonchev–Trinajstić information content (AvgIpc) is 2.46. The van der Waals surface area contributed by atoms with Crippen molar-refractivity contribution in [2.45, 2.75) is 46.0 Å². The van der Waals surface area contributed by atoms with E-state index in [1.165, 1.54) is 5.56 Å². The molecule has 1 N–H and O–H groups in total. The van der Waals surface area contributed by atoms with Crippen LogP contribution in [-0.4, -0.2) is 5.11 Å². The van der Waals surface area contributed by atoms with Gasteiger partial charge >= 0.3 is 0 Å². The Labute approximate surface area is 132 Å². The van der Waals surface area contributed by atoms with Crippen molar-refractivity contribution < 1.29 is 5.11 Å². The van der Waals surface area contributed by atoms with Crippen molar-refractivity contribution in [3.63, 3.8) is 0 Å². The molecule has 116 valence electrons. The summed E-state index contributed by atoms with van der Waals surface area (Å²) in [7, 11) is 0. The van der Waals surface area contributed by atoms with Crippen molar-refractivity contribution in [3.05, 3.63) is 53.6 Å². The second kappa shape index (κ2) is 6.73. The van der Waals surface area contributed by atoms with Crippen LogP contribution in [0, 0.1) is 0 Å². The molecule has 0 bridgehead atoms. The maximum atomic E-state index is 9.99. The summed E-state index contributed by atoms with van der Waals surface area (Å²) in [5.41, 5.74) is 3.79. The first kappa shape index (κ1) is 16.2. The molecule has 0 radical (unpaired) electrons. The van der Waals surface area contributed by atoms with Crippen molar-refractivity contribution in [3.8, 4) is 5.75 Å². The number of aryl methyl sites for hydroxylation is 1. The topological polar surface area (TPSA) is 45.0 Å². The van der Waals surface area contributed by atoms with Crippen molar-refractivity contribution in [1.29, 1.82) is 0 Å². The Kier molecular flexibility index (Phi) is 4.96. The van der Waals surface area contributed by atoms with Crippen molar-refractivity contribution in [2.24, 2.45) is 10.2 Å². The Morgan fingerprint density at radius 1 is 0.955 bits per heavy atom. The SMILES string of the molecule is CCCc1ccc(/N=N/c2ccc(C(C)(C)C)cc2)c(O)c1. The van der Waals surface area contributed by atoms with Gasteiger partial charge in [0.05, 0.1) is 5.69 Å². The van der Waals surface area contributed by atoms with E-state index < -0.39 is 0 Å². The minimum absolute atomic E-state index is 0.128. The van der Waals surface area contributed by atoms with Crippen LogP contribution in [0.2, 0.25) is 0 Å². The Morgan fingerprint density at radius 2 is 1.64 bits per heavy atom. The molecule has 0 heterocycles. The number of hydrogen-bond donors (Lipinski definition) is 1. The summed E-state index contributed by atoms with van der Waals surface area (Å²) in [6.07, 6.45) is 2.01. The summed E-state index contributed by atoms with van der Waals surface area (Å²) in [6.45, 7) is 8.66. The van der Waals surface area contributed by atoms with Crippen LogP contribution < -0.4 is 0 Å². The molecule has 0 aliphatic rings. The summed E-state index contributed by atoms with van der Waals surface area (Å²) < 4.78 is 0. The standard InChI is InChI=1S/C19H24N2O/c1-5-6-14-7-12-17(18(22)13-14)21-20-16-10-8-15(9-11-16)19(2,3)4/h7-13,22H,5-6H2,1-4H3/b21-20+. The summed E-state index contributed by atoms with van der Waals surface area (Å²) >= 11 is 0. The molecule has 0 unspecified atom stereocenters. The third-order valence-electron chi connectivity index (χ3n) is 3.59. The smallest absolute Gasteiger partial charge is 0.143 e. The first-order valence-corrected chi connectivity index (χ1v) is 7.74. The summed E-state index contributed by atoms with van der Waals surface area (Å²) in [4.78, 5) is 0. The molecule has 0 saturated heterocycles. The number of phenolic OH excluding ortho intramolecular Hbond substituents is 1. The first-order valence-electron chi connectivity index (χ1n) is 7.74. The van der Waals surface area contributed by atoms with Crippen LogP contribution in [-0.2, 0) is 11.8 Å². The number of aromatic hydroxyl groups is 1. The highest BCUT2D eigenvalue weighted by Crippen LogP contribution is 2.30. The van der Waals surface area contributed by atoms with E-state index in [2.05, 4.69) is 50.1 Å². The van der Waals surface area contributed by atoms with E-state index in [0.29, 0.717) is 5.69 Å². The molecule has 0 saturated carbocycles. The van der Waals surface area contributed by atoms with Crippen LogP contribution in [0.25, 0.3) is 0 Å². The number of azo groups is 1. The Hall–Kier alpha value is -2.16. The second-order valence-corrected chi connectivity index (χ2v) is 6.57. The van der Waals surface area contributed by atoms with E-state index in [4.69, 9.17) is 0 Å². The lowest BCUT2D eigenvalue weighted by molar-refractivity contribution is 0.475. The molecular formula is C19H24N2O. The van der Waals surface area contributed by atoms with Gasteiger partial charge in [0.2, 0.25) is 0 Å².